The van der Waals surface area contributed by atoms with E-state index >= 15 is 0 Å². The number of nitrogens with two attached hydrogens (primary N) is 1. The number of primary amides is 1. The van der Waals surface area contributed by atoms with Crippen LogP contribution in [0, 0.1) is 0 Å². The van der Waals surface area contributed by atoms with Gasteiger partial charge in [-0.3, -0.25) is 9.59 Å². The van der Waals surface area contributed by atoms with Gasteiger partial charge in [-0.05, 0) is 38.5 Å². The lowest BCUT2D eigenvalue weighted by Gasteiger charge is -2.24. The average Bonchev–Trinajstić information content (AvgIpc) is 2.36. The quantitative estimate of drug-likeness (QED) is 0.844. The van der Waals surface area contributed by atoms with Crippen LogP contribution in [0.4, 0.5) is 0 Å². The predicted octanol–water partition coefficient (Wildman–Crippen LogP) is 2.12. The third kappa shape index (κ3) is 4.74. The van der Waals surface area contributed by atoms with Crippen molar-refractivity contribution in [3.05, 3.63) is 28.8 Å². The number of carbonyl (C=O) groups excluding carboxylic acids is 2. The zero-order valence-corrected chi connectivity index (χ0v) is 12.6. The van der Waals surface area contributed by atoms with Gasteiger partial charge in [0.1, 0.15) is 5.75 Å². The Bertz CT molecular complexity index is 515. The first-order valence-corrected chi connectivity index (χ1v) is 6.66. The van der Waals surface area contributed by atoms with Crippen LogP contribution in [0.5, 0.6) is 5.75 Å². The Hall–Kier alpha value is -1.75. The molecule has 1 aromatic carbocycles. The lowest BCUT2D eigenvalue weighted by atomic mass is 10.0. The number of halogens is 1. The summed E-state index contributed by atoms with van der Waals surface area (Å²) in [4.78, 5) is 23.0. The second-order valence-electron chi connectivity index (χ2n) is 5.08. The third-order valence-corrected chi connectivity index (χ3v) is 3.16. The molecule has 0 radical (unpaired) electrons. The smallest absolute Gasteiger partial charge is 0.258 e. The molecule has 1 rings (SSSR count). The Morgan fingerprint density at radius 3 is 2.60 bits per heavy atom. The van der Waals surface area contributed by atoms with Crippen LogP contribution in [-0.2, 0) is 4.79 Å². The molecule has 0 aromatic heterocycles. The molecule has 0 atom stereocenters. The van der Waals surface area contributed by atoms with Crippen molar-refractivity contribution in [2.24, 2.45) is 5.73 Å². The van der Waals surface area contributed by atoms with Gasteiger partial charge in [0.25, 0.3) is 11.8 Å². The van der Waals surface area contributed by atoms with Gasteiger partial charge in [-0.25, -0.2) is 0 Å². The molecule has 0 fully saturated rings. The van der Waals surface area contributed by atoms with Crippen LogP contribution in [0.1, 0.15) is 37.6 Å². The summed E-state index contributed by atoms with van der Waals surface area (Å²) in [6.07, 6.45) is 0.798. The van der Waals surface area contributed by atoms with Crippen molar-refractivity contribution < 1.29 is 14.3 Å². The van der Waals surface area contributed by atoms with Gasteiger partial charge >= 0.3 is 0 Å². The molecule has 0 aliphatic heterocycles. The summed E-state index contributed by atoms with van der Waals surface area (Å²) < 4.78 is 5.33. The number of carbonyl (C=O) groups is 2. The molecule has 0 saturated heterocycles. The number of nitrogens with one attached hydrogen (secondary N) is 1. The van der Waals surface area contributed by atoms with E-state index in [0.29, 0.717) is 5.02 Å². The first-order valence-electron chi connectivity index (χ1n) is 6.28. The molecule has 0 spiro atoms. The molecule has 110 valence electrons. The topological polar surface area (TPSA) is 81.4 Å². The lowest BCUT2D eigenvalue weighted by molar-refractivity contribution is -0.124. The molecule has 0 unspecified atom stereocenters. The maximum Gasteiger partial charge on any atom is 0.258 e. The van der Waals surface area contributed by atoms with Crippen molar-refractivity contribution in [3.8, 4) is 5.75 Å². The van der Waals surface area contributed by atoms with E-state index in [9.17, 15) is 9.59 Å². The Morgan fingerprint density at radius 2 is 2.05 bits per heavy atom. The number of ether oxygens (including phenoxy) is 1. The van der Waals surface area contributed by atoms with E-state index in [1.54, 1.807) is 6.07 Å². The third-order valence-electron chi connectivity index (χ3n) is 2.93. The number of rotatable bonds is 6. The van der Waals surface area contributed by atoms with E-state index in [1.165, 1.54) is 12.1 Å². The van der Waals surface area contributed by atoms with E-state index in [4.69, 9.17) is 22.1 Å². The monoisotopic (exact) mass is 298 g/mol. The molecule has 1 aromatic rings. The molecular weight excluding hydrogens is 280 g/mol. The van der Waals surface area contributed by atoms with Crippen LogP contribution in [0.15, 0.2) is 18.2 Å². The number of hydrogen-bond acceptors (Lipinski definition) is 3. The second-order valence-corrected chi connectivity index (χ2v) is 5.52. The summed E-state index contributed by atoms with van der Waals surface area (Å²) in [5, 5.41) is 3.21. The van der Waals surface area contributed by atoms with Crippen LogP contribution in [0.2, 0.25) is 5.02 Å². The summed E-state index contributed by atoms with van der Waals surface area (Å²) >= 11 is 5.79. The van der Waals surface area contributed by atoms with Gasteiger partial charge in [0.2, 0.25) is 0 Å². The van der Waals surface area contributed by atoms with Gasteiger partial charge in [0, 0.05) is 10.6 Å². The van der Waals surface area contributed by atoms with E-state index in [-0.39, 0.29) is 29.4 Å². The van der Waals surface area contributed by atoms with Crippen LogP contribution < -0.4 is 15.8 Å². The van der Waals surface area contributed by atoms with Crippen molar-refractivity contribution >= 4 is 23.4 Å². The van der Waals surface area contributed by atoms with Crippen LogP contribution in [0.3, 0.4) is 0 Å². The maximum atomic E-state index is 11.8. The normalized spacial score (nSPS) is 11.0. The highest BCUT2D eigenvalue weighted by Crippen LogP contribution is 2.22. The molecule has 3 N–H and O–H groups in total. The standard InChI is InChI=1S/C14H19ClN2O3/c1-4-14(2,3)17-12(18)8-20-11-6-5-9(15)7-10(11)13(16)19/h5-7H,4,8H2,1-3H3,(H2,16,19)(H,17,18). The van der Waals surface area contributed by atoms with Gasteiger partial charge in [-0.2, -0.15) is 0 Å². The van der Waals surface area contributed by atoms with Crippen molar-refractivity contribution in [1.82, 2.24) is 5.32 Å². The molecule has 6 heteroatoms. The van der Waals surface area contributed by atoms with E-state index in [0.717, 1.165) is 6.42 Å². The van der Waals surface area contributed by atoms with Crippen molar-refractivity contribution in [2.45, 2.75) is 32.7 Å². The first-order chi connectivity index (χ1) is 9.25. The highest BCUT2D eigenvalue weighted by Gasteiger charge is 2.18. The SMILES string of the molecule is CCC(C)(C)NC(=O)COc1ccc(Cl)cc1C(N)=O. The zero-order chi connectivity index (χ0) is 15.3. The van der Waals surface area contributed by atoms with E-state index in [1.807, 2.05) is 20.8 Å². The van der Waals surface area contributed by atoms with Crippen LogP contribution in [-0.4, -0.2) is 24.0 Å². The summed E-state index contributed by atoms with van der Waals surface area (Å²) in [6.45, 7) is 5.63. The maximum absolute atomic E-state index is 11.8. The zero-order valence-electron chi connectivity index (χ0n) is 11.8. The minimum absolute atomic E-state index is 0.153. The Balaban J connectivity index is 2.71. The fourth-order valence-corrected chi connectivity index (χ4v) is 1.64. The van der Waals surface area contributed by atoms with E-state index < -0.39 is 5.91 Å². The molecular formula is C14H19ClN2O3. The highest BCUT2D eigenvalue weighted by molar-refractivity contribution is 6.31. The molecule has 20 heavy (non-hydrogen) atoms. The fraction of sp³-hybridized carbons (Fsp3) is 0.429. The highest BCUT2D eigenvalue weighted by atomic mass is 35.5. The summed E-state index contributed by atoms with van der Waals surface area (Å²) in [5.41, 5.74) is 5.09. The van der Waals surface area contributed by atoms with Crippen LogP contribution in [0.25, 0.3) is 0 Å². The van der Waals surface area contributed by atoms with Gasteiger partial charge in [-0.1, -0.05) is 18.5 Å². The number of hydrogen-bond donors (Lipinski definition) is 2. The number of amides is 2. The molecule has 2 amide bonds. The van der Waals surface area contributed by atoms with Crippen molar-refractivity contribution in [2.75, 3.05) is 6.61 Å². The lowest BCUT2D eigenvalue weighted by Crippen LogP contribution is -2.45. The summed E-state index contributed by atoms with van der Waals surface area (Å²) in [5.74, 6) is -0.676. The van der Waals surface area contributed by atoms with E-state index in [2.05, 4.69) is 5.32 Å². The molecule has 0 aliphatic carbocycles. The van der Waals surface area contributed by atoms with Crippen LogP contribution >= 0.6 is 11.6 Å². The fourth-order valence-electron chi connectivity index (χ4n) is 1.47. The summed E-state index contributed by atoms with van der Waals surface area (Å²) in [7, 11) is 0. The Morgan fingerprint density at radius 1 is 1.40 bits per heavy atom. The molecule has 0 bridgehead atoms. The second kappa shape index (κ2) is 6.61. The number of benzene rings is 1. The Labute approximate surface area is 123 Å². The largest absolute Gasteiger partial charge is 0.483 e. The Kier molecular flexibility index (Phi) is 5.39. The van der Waals surface area contributed by atoms with Gasteiger partial charge in [0.15, 0.2) is 6.61 Å². The molecule has 0 heterocycles. The van der Waals surface area contributed by atoms with Crippen molar-refractivity contribution in [3.63, 3.8) is 0 Å². The van der Waals surface area contributed by atoms with Gasteiger partial charge in [0.05, 0.1) is 5.56 Å². The molecule has 0 saturated carbocycles. The van der Waals surface area contributed by atoms with Gasteiger partial charge in [-0.15, -0.1) is 0 Å². The predicted molar refractivity (Wildman–Crippen MR) is 78.0 cm³/mol. The minimum atomic E-state index is -0.656. The van der Waals surface area contributed by atoms with Crippen molar-refractivity contribution in [1.29, 1.82) is 0 Å². The van der Waals surface area contributed by atoms with Gasteiger partial charge < -0.3 is 15.8 Å². The summed E-state index contributed by atoms with van der Waals surface area (Å²) in [6, 6.07) is 4.49. The molecule has 5 nitrogen and oxygen atoms in total. The minimum Gasteiger partial charge on any atom is -0.483 e. The first kappa shape index (κ1) is 16.3. The average molecular weight is 299 g/mol. The molecule has 0 aliphatic rings.